The molecule has 2 heterocycles. The largest absolute Gasteiger partial charge is 0.487 e. The highest BCUT2D eigenvalue weighted by atomic mass is 16.5. The molecule has 0 fully saturated rings. The summed E-state index contributed by atoms with van der Waals surface area (Å²) in [7, 11) is 1.91. The number of ether oxygens (including phenoxy) is 1. The molecule has 0 saturated carbocycles. The number of aryl methyl sites for hydroxylation is 1. The molecule has 0 saturated heterocycles. The third-order valence-corrected chi connectivity index (χ3v) is 4.32. The fraction of sp³-hybridized carbons (Fsp3) is 0.471. The first kappa shape index (κ1) is 16.0. The van der Waals surface area contributed by atoms with Crippen molar-refractivity contribution in [2.75, 3.05) is 19.6 Å². The van der Waals surface area contributed by atoms with E-state index in [1.54, 1.807) is 6.20 Å². The van der Waals surface area contributed by atoms with Gasteiger partial charge in [0, 0.05) is 39.4 Å². The van der Waals surface area contributed by atoms with Crippen molar-refractivity contribution in [2.45, 2.75) is 25.7 Å². The monoisotopic (exact) mass is 316 g/mol. The molecule has 3 N–H and O–H groups in total. The summed E-state index contributed by atoms with van der Waals surface area (Å²) in [6.07, 6.45) is 2.30. The van der Waals surface area contributed by atoms with Crippen LogP contribution in [0.3, 0.4) is 0 Å². The molecule has 0 radical (unpaired) electrons. The molecule has 1 aliphatic heterocycles. The van der Waals surface area contributed by atoms with Gasteiger partial charge >= 0.3 is 0 Å². The van der Waals surface area contributed by atoms with Crippen LogP contribution in [0, 0.1) is 0 Å². The quantitative estimate of drug-likeness (QED) is 0.819. The lowest BCUT2D eigenvalue weighted by molar-refractivity contribution is 0.111. The standard InChI is InChI=1S/C17H24N4O2/c1-20-15(4-6-19-20)12-23-17-3-2-14-10-21(11-16(22)9-18)7-5-13(14)8-17/h2-4,6,8,16,22H,5,7,9-12,18H2,1H3. The molecule has 0 spiro atoms. The molecule has 3 rings (SSSR count). The van der Waals surface area contributed by atoms with Gasteiger partial charge in [0.2, 0.25) is 0 Å². The van der Waals surface area contributed by atoms with Crippen LogP contribution in [-0.4, -0.2) is 45.5 Å². The zero-order chi connectivity index (χ0) is 16.2. The zero-order valence-electron chi connectivity index (χ0n) is 13.5. The Morgan fingerprint density at radius 1 is 1.35 bits per heavy atom. The Bertz CT molecular complexity index is 656. The minimum Gasteiger partial charge on any atom is -0.487 e. The highest BCUT2D eigenvalue weighted by molar-refractivity contribution is 5.37. The molecule has 124 valence electrons. The maximum Gasteiger partial charge on any atom is 0.130 e. The van der Waals surface area contributed by atoms with Gasteiger partial charge in [0.05, 0.1) is 11.8 Å². The molecule has 0 amide bonds. The number of hydrogen-bond acceptors (Lipinski definition) is 5. The SMILES string of the molecule is Cn1nccc1COc1ccc2c(c1)CCN(CC(O)CN)C2. The molecule has 23 heavy (non-hydrogen) atoms. The number of aliphatic hydroxyl groups excluding tert-OH is 1. The summed E-state index contributed by atoms with van der Waals surface area (Å²) in [5, 5.41) is 13.8. The van der Waals surface area contributed by atoms with Crippen molar-refractivity contribution in [1.29, 1.82) is 0 Å². The van der Waals surface area contributed by atoms with Crippen LogP contribution in [-0.2, 0) is 26.6 Å². The van der Waals surface area contributed by atoms with E-state index in [-0.39, 0.29) is 0 Å². The summed E-state index contributed by atoms with van der Waals surface area (Å²) < 4.78 is 7.69. The van der Waals surface area contributed by atoms with Gasteiger partial charge in [0.1, 0.15) is 12.4 Å². The number of hydrogen-bond donors (Lipinski definition) is 2. The van der Waals surface area contributed by atoms with Crippen LogP contribution < -0.4 is 10.5 Å². The number of β-amino-alcohol motifs (C(OH)–C–C–N with tert-alkyl or cyclic N) is 1. The van der Waals surface area contributed by atoms with Crippen LogP contribution in [0.25, 0.3) is 0 Å². The molecule has 1 unspecified atom stereocenters. The number of aromatic nitrogens is 2. The Morgan fingerprint density at radius 2 is 2.22 bits per heavy atom. The second-order valence-electron chi connectivity index (χ2n) is 6.04. The maximum atomic E-state index is 9.69. The smallest absolute Gasteiger partial charge is 0.130 e. The van der Waals surface area contributed by atoms with Gasteiger partial charge in [-0.25, -0.2) is 0 Å². The molecular weight excluding hydrogens is 292 g/mol. The van der Waals surface area contributed by atoms with E-state index in [0.717, 1.165) is 31.0 Å². The van der Waals surface area contributed by atoms with E-state index >= 15 is 0 Å². The predicted octanol–water partition coefficient (Wildman–Crippen LogP) is 0.677. The highest BCUT2D eigenvalue weighted by Crippen LogP contribution is 2.24. The Morgan fingerprint density at radius 3 is 2.96 bits per heavy atom. The number of rotatable bonds is 6. The Hall–Kier alpha value is -1.89. The first-order valence-electron chi connectivity index (χ1n) is 7.97. The van der Waals surface area contributed by atoms with Crippen molar-refractivity contribution in [2.24, 2.45) is 12.8 Å². The fourth-order valence-electron chi connectivity index (χ4n) is 2.91. The Balaban J connectivity index is 1.61. The van der Waals surface area contributed by atoms with E-state index in [0.29, 0.717) is 19.7 Å². The van der Waals surface area contributed by atoms with Gasteiger partial charge in [0.25, 0.3) is 0 Å². The summed E-state index contributed by atoms with van der Waals surface area (Å²) in [5.41, 5.74) is 9.16. The first-order valence-corrected chi connectivity index (χ1v) is 7.97. The summed E-state index contributed by atoms with van der Waals surface area (Å²) in [6.45, 7) is 3.26. The van der Waals surface area contributed by atoms with Crippen molar-refractivity contribution in [3.8, 4) is 5.75 Å². The number of fused-ring (bicyclic) bond motifs is 1. The lowest BCUT2D eigenvalue weighted by Gasteiger charge is -2.30. The van der Waals surface area contributed by atoms with Gasteiger partial charge in [-0.1, -0.05) is 6.07 Å². The Labute approximate surface area is 136 Å². The molecule has 1 aromatic heterocycles. The van der Waals surface area contributed by atoms with Crippen LogP contribution in [0.2, 0.25) is 0 Å². The van der Waals surface area contributed by atoms with Crippen LogP contribution >= 0.6 is 0 Å². The number of benzene rings is 1. The molecular formula is C17H24N4O2. The third kappa shape index (κ3) is 3.90. The second-order valence-corrected chi connectivity index (χ2v) is 6.04. The first-order chi connectivity index (χ1) is 11.2. The molecule has 0 aliphatic carbocycles. The van der Waals surface area contributed by atoms with Crippen molar-refractivity contribution in [3.05, 3.63) is 47.3 Å². The van der Waals surface area contributed by atoms with E-state index in [2.05, 4.69) is 22.1 Å². The average molecular weight is 316 g/mol. The van der Waals surface area contributed by atoms with E-state index in [1.807, 2.05) is 23.9 Å². The highest BCUT2D eigenvalue weighted by Gasteiger charge is 2.18. The summed E-state index contributed by atoms with van der Waals surface area (Å²) in [4.78, 5) is 2.25. The Kier molecular flexibility index (Phi) is 4.95. The fourth-order valence-corrected chi connectivity index (χ4v) is 2.91. The van der Waals surface area contributed by atoms with Crippen molar-refractivity contribution in [3.63, 3.8) is 0 Å². The zero-order valence-corrected chi connectivity index (χ0v) is 13.5. The lowest BCUT2D eigenvalue weighted by atomic mass is 9.99. The predicted molar refractivity (Wildman–Crippen MR) is 88.0 cm³/mol. The van der Waals surface area contributed by atoms with Crippen LogP contribution in [0.5, 0.6) is 5.75 Å². The normalized spacial score (nSPS) is 16.1. The van der Waals surface area contributed by atoms with Gasteiger partial charge in [-0.3, -0.25) is 9.58 Å². The molecule has 1 aromatic carbocycles. The van der Waals surface area contributed by atoms with E-state index in [4.69, 9.17) is 10.5 Å². The molecule has 0 bridgehead atoms. The van der Waals surface area contributed by atoms with Crippen molar-refractivity contribution in [1.82, 2.24) is 14.7 Å². The third-order valence-electron chi connectivity index (χ3n) is 4.32. The van der Waals surface area contributed by atoms with Gasteiger partial charge in [-0.2, -0.15) is 5.10 Å². The topological polar surface area (TPSA) is 76.5 Å². The minimum absolute atomic E-state index is 0.310. The second kappa shape index (κ2) is 7.12. The van der Waals surface area contributed by atoms with Crippen LogP contribution in [0.1, 0.15) is 16.8 Å². The van der Waals surface area contributed by atoms with E-state index in [9.17, 15) is 5.11 Å². The maximum absolute atomic E-state index is 9.69. The minimum atomic E-state index is -0.446. The van der Waals surface area contributed by atoms with Gasteiger partial charge in [-0.15, -0.1) is 0 Å². The lowest BCUT2D eigenvalue weighted by Crippen LogP contribution is -2.39. The number of nitrogens with zero attached hydrogens (tertiary/aromatic N) is 3. The number of nitrogens with two attached hydrogens (primary N) is 1. The summed E-state index contributed by atoms with van der Waals surface area (Å²) in [6, 6.07) is 8.22. The average Bonchev–Trinajstić information content (AvgIpc) is 2.97. The van der Waals surface area contributed by atoms with Gasteiger partial charge in [0.15, 0.2) is 0 Å². The van der Waals surface area contributed by atoms with Crippen molar-refractivity contribution < 1.29 is 9.84 Å². The molecule has 1 atom stereocenters. The van der Waals surface area contributed by atoms with Crippen LogP contribution in [0.4, 0.5) is 0 Å². The molecule has 6 nitrogen and oxygen atoms in total. The van der Waals surface area contributed by atoms with E-state index < -0.39 is 6.10 Å². The van der Waals surface area contributed by atoms with Crippen LogP contribution in [0.15, 0.2) is 30.5 Å². The summed E-state index contributed by atoms with van der Waals surface area (Å²) >= 11 is 0. The number of aliphatic hydroxyl groups is 1. The van der Waals surface area contributed by atoms with Gasteiger partial charge in [-0.05, 0) is 35.7 Å². The van der Waals surface area contributed by atoms with Gasteiger partial charge < -0.3 is 15.6 Å². The van der Waals surface area contributed by atoms with Crippen molar-refractivity contribution >= 4 is 0 Å². The van der Waals surface area contributed by atoms with E-state index in [1.165, 1.54) is 11.1 Å². The molecule has 6 heteroatoms. The molecule has 1 aliphatic rings. The molecule has 2 aromatic rings. The summed E-state index contributed by atoms with van der Waals surface area (Å²) in [5.74, 6) is 0.889.